The van der Waals surface area contributed by atoms with Gasteiger partial charge in [0.15, 0.2) is 0 Å². The Labute approximate surface area is 226 Å². The number of nitrogens with zero attached hydrogens (tertiary/aromatic N) is 2. The van der Waals surface area contributed by atoms with Crippen LogP contribution in [-0.2, 0) is 0 Å². The van der Waals surface area contributed by atoms with Crippen LogP contribution in [0.2, 0.25) is 0 Å². The highest BCUT2D eigenvalue weighted by Gasteiger charge is 2.97. The molecule has 0 atom stereocenters. The van der Waals surface area contributed by atoms with Gasteiger partial charge in [0.25, 0.3) is 0 Å². The third kappa shape index (κ3) is 5.97. The van der Waals surface area contributed by atoms with E-state index in [1.54, 1.807) is 0 Å². The quantitative estimate of drug-likeness (QED) is 0.179. The summed E-state index contributed by atoms with van der Waals surface area (Å²) >= 11 is 0. The molecule has 0 rings (SSSR count). The van der Waals surface area contributed by atoms with Crippen molar-refractivity contribution in [2.24, 2.45) is 5.41 Å². The average molecular weight is 708 g/mol. The lowest BCUT2D eigenvalue weighted by atomic mass is 9.79. The van der Waals surface area contributed by atoms with Crippen LogP contribution in [0.3, 0.4) is 0 Å². The standard InChI is InChI=1S/C18H8F24N2/c19-8(20,3-1-7(5-43,6-44)2-4-9(21,22)23)10(24,25)11(26,27)12(28,29)13(30,31)14(32,33)15(34,35)16(36,37)17(38,39)18(40,41)42/h1-4H2. The van der Waals surface area contributed by atoms with Crippen LogP contribution in [0.1, 0.15) is 25.7 Å². The summed E-state index contributed by atoms with van der Waals surface area (Å²) in [6.07, 6.45) is -23.4. The maximum absolute atomic E-state index is 14.0. The first-order valence-electron chi connectivity index (χ1n) is 10.1. The molecule has 0 aromatic heterocycles. The molecule has 0 aromatic rings. The Kier molecular flexibility index (Phi) is 10.3. The molecule has 0 bridgehead atoms. The molecule has 0 radical (unpaired) electrons. The third-order valence-corrected chi connectivity index (χ3v) is 5.70. The molecule has 0 amide bonds. The molecule has 0 aliphatic carbocycles. The van der Waals surface area contributed by atoms with Gasteiger partial charge < -0.3 is 0 Å². The Bertz CT molecular complexity index is 1100. The zero-order chi connectivity index (χ0) is 36.2. The minimum Gasteiger partial charge on any atom is -0.200 e. The van der Waals surface area contributed by atoms with Gasteiger partial charge in [-0.25, -0.2) is 0 Å². The van der Waals surface area contributed by atoms with Crippen LogP contribution in [0.4, 0.5) is 105 Å². The van der Waals surface area contributed by atoms with Gasteiger partial charge in [0.2, 0.25) is 0 Å². The van der Waals surface area contributed by atoms with Gasteiger partial charge in [0.05, 0.1) is 12.1 Å². The van der Waals surface area contributed by atoms with E-state index in [1.165, 1.54) is 0 Å². The van der Waals surface area contributed by atoms with Crippen LogP contribution in [0.15, 0.2) is 0 Å². The fourth-order valence-corrected chi connectivity index (χ4v) is 2.85. The van der Waals surface area contributed by atoms with Crippen molar-refractivity contribution in [1.82, 2.24) is 0 Å². The predicted octanol–water partition coefficient (Wildman–Crippen LogP) is 9.42. The third-order valence-electron chi connectivity index (χ3n) is 5.70. The Morgan fingerprint density at radius 2 is 0.568 bits per heavy atom. The van der Waals surface area contributed by atoms with Gasteiger partial charge in [-0.2, -0.15) is 116 Å². The molecule has 0 spiro atoms. The van der Waals surface area contributed by atoms with Crippen LogP contribution in [0.25, 0.3) is 0 Å². The number of hydrogen-bond acceptors (Lipinski definition) is 2. The molecule has 44 heavy (non-hydrogen) atoms. The van der Waals surface area contributed by atoms with Gasteiger partial charge in [0.1, 0.15) is 5.41 Å². The van der Waals surface area contributed by atoms with E-state index in [1.807, 2.05) is 0 Å². The molecule has 0 heterocycles. The Morgan fingerprint density at radius 1 is 0.318 bits per heavy atom. The van der Waals surface area contributed by atoms with Crippen molar-refractivity contribution in [1.29, 1.82) is 10.5 Å². The summed E-state index contributed by atoms with van der Waals surface area (Å²) in [5, 5.41) is 17.5. The summed E-state index contributed by atoms with van der Waals surface area (Å²) in [4.78, 5) is 0. The topological polar surface area (TPSA) is 47.6 Å². The second kappa shape index (κ2) is 11.0. The van der Waals surface area contributed by atoms with Crippen molar-refractivity contribution in [3.8, 4) is 12.1 Å². The fourth-order valence-electron chi connectivity index (χ4n) is 2.85. The maximum atomic E-state index is 14.0. The predicted molar refractivity (Wildman–Crippen MR) is 88.8 cm³/mol. The maximum Gasteiger partial charge on any atom is 0.460 e. The van der Waals surface area contributed by atoms with Gasteiger partial charge in [-0.3, -0.25) is 0 Å². The summed E-state index contributed by atoms with van der Waals surface area (Å²) in [7, 11) is 0. The van der Waals surface area contributed by atoms with E-state index in [0.29, 0.717) is 12.1 Å². The van der Waals surface area contributed by atoms with Crippen LogP contribution in [0.5, 0.6) is 0 Å². The number of alkyl halides is 24. The molecule has 0 saturated heterocycles. The number of nitriles is 2. The van der Waals surface area contributed by atoms with E-state index in [-0.39, 0.29) is 0 Å². The van der Waals surface area contributed by atoms with E-state index in [2.05, 4.69) is 0 Å². The van der Waals surface area contributed by atoms with Crippen LogP contribution in [-0.4, -0.2) is 65.7 Å². The van der Waals surface area contributed by atoms with Crippen molar-refractivity contribution in [3.63, 3.8) is 0 Å². The van der Waals surface area contributed by atoms with Crippen molar-refractivity contribution in [2.75, 3.05) is 0 Å². The first kappa shape index (κ1) is 41.3. The zero-order valence-corrected chi connectivity index (χ0v) is 19.8. The van der Waals surface area contributed by atoms with E-state index in [4.69, 9.17) is 10.5 Å². The SMILES string of the molecule is N#CC(C#N)(CCC(F)(F)F)CCC(F)(F)C(F)(F)C(F)(F)C(F)(F)C(F)(F)C(F)(F)C(F)(F)C(F)(F)C(F)(F)C(F)(F)F. The minimum absolute atomic E-state index is 0.539. The normalized spacial score (nSPS) is 16.0. The molecule has 2 nitrogen and oxygen atoms in total. The lowest BCUT2D eigenvalue weighted by Crippen LogP contribution is -2.76. The highest BCUT2D eigenvalue weighted by molar-refractivity contribution is 5.19. The Hall–Kier alpha value is -2.70. The Balaban J connectivity index is 6.91. The van der Waals surface area contributed by atoms with Gasteiger partial charge in [0, 0.05) is 12.8 Å². The van der Waals surface area contributed by atoms with E-state index in [0.717, 1.165) is 0 Å². The zero-order valence-electron chi connectivity index (χ0n) is 19.8. The molecule has 0 saturated carbocycles. The summed E-state index contributed by atoms with van der Waals surface area (Å²) in [5.74, 6) is -79.0. The van der Waals surface area contributed by atoms with Crippen molar-refractivity contribution in [2.45, 2.75) is 91.3 Å². The molecule has 0 N–H and O–H groups in total. The molecule has 0 fully saturated rings. The van der Waals surface area contributed by atoms with E-state index >= 15 is 0 Å². The van der Waals surface area contributed by atoms with Gasteiger partial charge in [-0.05, 0) is 12.8 Å². The lowest BCUT2D eigenvalue weighted by molar-refractivity contribution is -0.474. The molecular weight excluding hydrogens is 700 g/mol. The van der Waals surface area contributed by atoms with Gasteiger partial charge in [-0.1, -0.05) is 0 Å². The fraction of sp³-hybridized carbons (Fsp3) is 0.889. The summed E-state index contributed by atoms with van der Waals surface area (Å²) in [5.41, 5.74) is -3.51. The average Bonchev–Trinajstić information content (AvgIpc) is 2.82. The lowest BCUT2D eigenvalue weighted by Gasteiger charge is -2.44. The molecule has 0 aliphatic rings. The molecule has 0 aliphatic heterocycles. The second-order valence-corrected chi connectivity index (χ2v) is 8.72. The monoisotopic (exact) mass is 708 g/mol. The first-order chi connectivity index (χ1) is 18.8. The minimum atomic E-state index is -9.34. The van der Waals surface area contributed by atoms with E-state index in [9.17, 15) is 105 Å². The highest BCUT2D eigenvalue weighted by atomic mass is 19.4. The largest absolute Gasteiger partial charge is 0.460 e. The summed E-state index contributed by atoms with van der Waals surface area (Å²) in [6, 6.07) is 1.08. The smallest absolute Gasteiger partial charge is 0.200 e. The summed E-state index contributed by atoms with van der Waals surface area (Å²) in [6.45, 7) is 0. The second-order valence-electron chi connectivity index (χ2n) is 8.72. The van der Waals surface area contributed by atoms with Crippen molar-refractivity contribution in [3.05, 3.63) is 0 Å². The molecule has 0 unspecified atom stereocenters. The first-order valence-corrected chi connectivity index (χ1v) is 10.1. The molecular formula is C18H8F24N2. The van der Waals surface area contributed by atoms with Crippen LogP contribution in [0, 0.1) is 28.1 Å². The molecule has 258 valence electrons. The molecule has 0 aromatic carbocycles. The van der Waals surface area contributed by atoms with Crippen LogP contribution < -0.4 is 0 Å². The van der Waals surface area contributed by atoms with Crippen molar-refractivity contribution >= 4 is 0 Å². The van der Waals surface area contributed by atoms with Crippen LogP contribution >= 0.6 is 0 Å². The number of hydrogen-bond donors (Lipinski definition) is 0. The highest BCUT2D eigenvalue weighted by Crippen LogP contribution is 2.66. The summed E-state index contributed by atoms with van der Waals surface area (Å²) < 4.78 is 317. The van der Waals surface area contributed by atoms with E-state index < -0.39 is 96.8 Å². The number of rotatable bonds is 13. The number of halogens is 24. The van der Waals surface area contributed by atoms with Gasteiger partial charge in [-0.15, -0.1) is 0 Å². The van der Waals surface area contributed by atoms with Crippen molar-refractivity contribution < 1.29 is 105 Å². The molecule has 26 heteroatoms. The Morgan fingerprint density at radius 3 is 0.818 bits per heavy atom. The van der Waals surface area contributed by atoms with Gasteiger partial charge >= 0.3 is 65.7 Å².